The Labute approximate surface area is 118 Å². The predicted molar refractivity (Wildman–Crippen MR) is 73.8 cm³/mol. The van der Waals surface area contributed by atoms with Crippen LogP contribution in [0.2, 0.25) is 0 Å². The smallest absolute Gasteiger partial charge is 0.252 e. The highest BCUT2D eigenvalue weighted by Crippen LogP contribution is 2.29. The van der Waals surface area contributed by atoms with Gasteiger partial charge in [0.25, 0.3) is 5.91 Å². The van der Waals surface area contributed by atoms with Gasteiger partial charge in [-0.1, -0.05) is 6.07 Å². The fraction of sp³-hybridized carbons (Fsp3) is 0.429. The molecule has 1 aliphatic rings. The van der Waals surface area contributed by atoms with Gasteiger partial charge in [-0.3, -0.25) is 4.79 Å². The van der Waals surface area contributed by atoms with Crippen LogP contribution in [0.25, 0.3) is 0 Å². The van der Waals surface area contributed by atoms with Crippen molar-refractivity contribution < 1.29 is 13.2 Å². The quantitative estimate of drug-likeness (QED) is 0.917. The molecular weight excluding hydrogens is 276 g/mol. The topological polar surface area (TPSA) is 87.0 Å². The molecule has 1 saturated carbocycles. The maximum atomic E-state index is 12.2. The van der Waals surface area contributed by atoms with E-state index in [0.717, 1.165) is 19.1 Å². The average Bonchev–Trinajstić information content (AvgIpc) is 2.87. The number of nitrogens with one attached hydrogen (secondary N) is 1. The molecule has 0 aromatic heterocycles. The van der Waals surface area contributed by atoms with Gasteiger partial charge in [-0.25, -0.2) is 8.42 Å². The number of nitrogens with zero attached hydrogens (tertiary/aromatic N) is 1. The lowest BCUT2D eigenvalue weighted by atomic mass is 9.99. The Morgan fingerprint density at radius 1 is 1.35 bits per heavy atom. The average molecular weight is 292 g/mol. The van der Waals surface area contributed by atoms with E-state index in [1.165, 1.54) is 18.2 Å². The number of carbonyl (C=O) groups excluding carboxylic acids is 1. The molecule has 0 saturated heterocycles. The molecule has 1 aromatic carbocycles. The van der Waals surface area contributed by atoms with E-state index in [2.05, 4.69) is 11.4 Å². The molecule has 0 heterocycles. The summed E-state index contributed by atoms with van der Waals surface area (Å²) in [5, 5.41) is 12.0. The van der Waals surface area contributed by atoms with E-state index >= 15 is 0 Å². The fourth-order valence-electron chi connectivity index (χ4n) is 2.40. The van der Waals surface area contributed by atoms with Gasteiger partial charge in [0.05, 0.1) is 11.0 Å². The van der Waals surface area contributed by atoms with E-state index in [1.54, 1.807) is 6.07 Å². The number of benzene rings is 1. The molecule has 0 radical (unpaired) electrons. The first-order valence-electron chi connectivity index (χ1n) is 6.40. The van der Waals surface area contributed by atoms with E-state index in [1.807, 2.05) is 0 Å². The molecule has 6 heteroatoms. The number of hydrogen-bond acceptors (Lipinski definition) is 4. The third-order valence-corrected chi connectivity index (χ3v) is 4.66. The maximum absolute atomic E-state index is 12.2. The van der Waals surface area contributed by atoms with E-state index in [0.29, 0.717) is 12.8 Å². The SMILES string of the molecule is CS(=O)(=O)c1cccc(C(=O)NC2(C#N)CCCC2)c1. The molecule has 1 amide bonds. The molecule has 0 spiro atoms. The molecule has 2 rings (SSSR count). The lowest BCUT2D eigenvalue weighted by Gasteiger charge is -2.22. The van der Waals surface area contributed by atoms with E-state index in [-0.39, 0.29) is 10.5 Å². The molecule has 1 aromatic rings. The first-order chi connectivity index (χ1) is 9.36. The van der Waals surface area contributed by atoms with Crippen LogP contribution in [0.3, 0.4) is 0 Å². The molecule has 0 atom stereocenters. The Kier molecular flexibility index (Phi) is 3.82. The number of rotatable bonds is 3. The molecule has 20 heavy (non-hydrogen) atoms. The van der Waals surface area contributed by atoms with Gasteiger partial charge in [0.15, 0.2) is 9.84 Å². The number of nitriles is 1. The van der Waals surface area contributed by atoms with Gasteiger partial charge in [0, 0.05) is 11.8 Å². The first kappa shape index (κ1) is 14.5. The molecule has 1 fully saturated rings. The standard InChI is InChI=1S/C14H16N2O3S/c1-20(18,19)12-6-4-5-11(9-12)13(17)16-14(10-15)7-2-3-8-14/h4-6,9H,2-3,7-8H2,1H3,(H,16,17). The highest BCUT2D eigenvalue weighted by atomic mass is 32.2. The summed E-state index contributed by atoms with van der Waals surface area (Å²) >= 11 is 0. The van der Waals surface area contributed by atoms with Crippen molar-refractivity contribution in [2.24, 2.45) is 0 Å². The molecule has 0 aliphatic heterocycles. The summed E-state index contributed by atoms with van der Waals surface area (Å²) in [6, 6.07) is 8.03. The van der Waals surface area contributed by atoms with Crippen molar-refractivity contribution >= 4 is 15.7 Å². The van der Waals surface area contributed by atoms with Crippen molar-refractivity contribution in [3.63, 3.8) is 0 Å². The molecule has 1 N–H and O–H groups in total. The largest absolute Gasteiger partial charge is 0.334 e. The van der Waals surface area contributed by atoms with Crippen molar-refractivity contribution in [1.29, 1.82) is 5.26 Å². The first-order valence-corrected chi connectivity index (χ1v) is 8.29. The van der Waals surface area contributed by atoms with Crippen molar-refractivity contribution in [2.75, 3.05) is 6.26 Å². The Balaban J connectivity index is 2.24. The van der Waals surface area contributed by atoms with Crippen LogP contribution in [0.1, 0.15) is 36.0 Å². The van der Waals surface area contributed by atoms with Crippen LogP contribution in [-0.4, -0.2) is 26.1 Å². The molecule has 0 unspecified atom stereocenters. The lowest BCUT2D eigenvalue weighted by molar-refractivity contribution is 0.0920. The third kappa shape index (κ3) is 2.99. The van der Waals surface area contributed by atoms with Gasteiger partial charge in [0.1, 0.15) is 5.54 Å². The monoisotopic (exact) mass is 292 g/mol. The molecule has 106 valence electrons. The van der Waals surface area contributed by atoms with Crippen LogP contribution < -0.4 is 5.32 Å². The zero-order valence-electron chi connectivity index (χ0n) is 11.2. The number of hydrogen-bond donors (Lipinski definition) is 1. The molecule has 0 bridgehead atoms. The Morgan fingerprint density at radius 3 is 2.55 bits per heavy atom. The second-order valence-electron chi connectivity index (χ2n) is 5.16. The number of carbonyl (C=O) groups is 1. The van der Waals surface area contributed by atoms with Crippen LogP contribution >= 0.6 is 0 Å². The highest BCUT2D eigenvalue weighted by Gasteiger charge is 2.35. The summed E-state index contributed by atoms with van der Waals surface area (Å²) in [5.74, 6) is -0.404. The van der Waals surface area contributed by atoms with Gasteiger partial charge < -0.3 is 5.32 Å². The van der Waals surface area contributed by atoms with Crippen molar-refractivity contribution in [1.82, 2.24) is 5.32 Å². The Morgan fingerprint density at radius 2 is 2.00 bits per heavy atom. The third-order valence-electron chi connectivity index (χ3n) is 3.55. The molecule has 5 nitrogen and oxygen atoms in total. The highest BCUT2D eigenvalue weighted by molar-refractivity contribution is 7.90. The Bertz CT molecular complexity index is 668. The minimum atomic E-state index is -3.35. The molecular formula is C14H16N2O3S. The molecule has 1 aliphatic carbocycles. The minimum absolute atomic E-state index is 0.0996. The van der Waals surface area contributed by atoms with Gasteiger partial charge in [-0.05, 0) is 43.9 Å². The van der Waals surface area contributed by atoms with Gasteiger partial charge in [-0.15, -0.1) is 0 Å². The van der Waals surface area contributed by atoms with Crippen molar-refractivity contribution in [2.45, 2.75) is 36.1 Å². The summed E-state index contributed by atoms with van der Waals surface area (Å²) < 4.78 is 23.0. The van der Waals surface area contributed by atoms with Crippen LogP contribution in [0.15, 0.2) is 29.2 Å². The fourth-order valence-corrected chi connectivity index (χ4v) is 3.07. The van der Waals surface area contributed by atoms with E-state index < -0.39 is 21.3 Å². The lowest BCUT2D eigenvalue weighted by Crippen LogP contribution is -2.45. The second-order valence-corrected chi connectivity index (χ2v) is 7.17. The maximum Gasteiger partial charge on any atom is 0.252 e. The van der Waals surface area contributed by atoms with Crippen LogP contribution in [0, 0.1) is 11.3 Å². The van der Waals surface area contributed by atoms with Crippen LogP contribution in [0.5, 0.6) is 0 Å². The summed E-state index contributed by atoms with van der Waals surface area (Å²) in [5.41, 5.74) is -0.549. The second kappa shape index (κ2) is 5.25. The zero-order chi connectivity index (χ0) is 14.8. The van der Waals surface area contributed by atoms with Crippen molar-refractivity contribution in [3.8, 4) is 6.07 Å². The predicted octanol–water partition coefficient (Wildman–Crippen LogP) is 1.66. The summed E-state index contributed by atoms with van der Waals surface area (Å²) in [6.07, 6.45) is 4.20. The van der Waals surface area contributed by atoms with Gasteiger partial charge in [-0.2, -0.15) is 5.26 Å². The number of amides is 1. The van der Waals surface area contributed by atoms with E-state index in [9.17, 15) is 18.5 Å². The minimum Gasteiger partial charge on any atom is -0.334 e. The summed E-state index contributed by atoms with van der Waals surface area (Å²) in [6.45, 7) is 0. The van der Waals surface area contributed by atoms with Crippen LogP contribution in [-0.2, 0) is 9.84 Å². The van der Waals surface area contributed by atoms with E-state index in [4.69, 9.17) is 0 Å². The number of sulfone groups is 1. The zero-order valence-corrected chi connectivity index (χ0v) is 12.0. The Hall–Kier alpha value is -1.87. The van der Waals surface area contributed by atoms with Crippen molar-refractivity contribution in [3.05, 3.63) is 29.8 Å². The summed E-state index contributed by atoms with van der Waals surface area (Å²) in [4.78, 5) is 12.3. The summed E-state index contributed by atoms with van der Waals surface area (Å²) in [7, 11) is -3.35. The van der Waals surface area contributed by atoms with Crippen LogP contribution in [0.4, 0.5) is 0 Å². The van der Waals surface area contributed by atoms with Gasteiger partial charge >= 0.3 is 0 Å². The normalized spacial score (nSPS) is 17.4. The van der Waals surface area contributed by atoms with Gasteiger partial charge in [0.2, 0.25) is 0 Å².